The molecular formula is C8H20INO2. The van der Waals surface area contributed by atoms with Gasteiger partial charge in [-0.3, -0.25) is 4.90 Å². The van der Waals surface area contributed by atoms with Crippen LogP contribution in [-0.4, -0.2) is 45.5 Å². The van der Waals surface area contributed by atoms with Crippen LogP contribution in [0, 0.1) is 0 Å². The molecule has 12 heavy (non-hydrogen) atoms. The van der Waals surface area contributed by atoms with E-state index in [1.165, 1.54) is 0 Å². The molecule has 0 aliphatic rings. The van der Waals surface area contributed by atoms with Crippen molar-refractivity contribution in [3.05, 3.63) is 0 Å². The number of hydrogen-bond donors (Lipinski definition) is 2. The first-order chi connectivity index (χ1) is 5.63. The molecule has 0 saturated heterocycles. The number of aliphatic hydroxyl groups is 2. The first-order valence-electron chi connectivity index (χ1n) is 4.11. The second-order valence-corrected chi connectivity index (χ2v) is 2.38. The number of nitrogens with zero attached hydrogens (tertiary/aromatic N) is 1. The minimum Gasteiger partial charge on any atom is -0.389 e. The van der Waals surface area contributed by atoms with Crippen LogP contribution in [0.1, 0.15) is 20.8 Å². The summed E-state index contributed by atoms with van der Waals surface area (Å²) in [5, 5.41) is 18.2. The Morgan fingerprint density at radius 3 is 1.58 bits per heavy atom. The van der Waals surface area contributed by atoms with Gasteiger partial charge < -0.3 is 10.2 Å². The van der Waals surface area contributed by atoms with Crippen LogP contribution in [0.4, 0.5) is 0 Å². The van der Waals surface area contributed by atoms with Gasteiger partial charge in [-0.1, -0.05) is 36.4 Å². The first kappa shape index (κ1) is 15.1. The molecular weight excluding hydrogens is 269 g/mol. The van der Waals surface area contributed by atoms with Crippen molar-refractivity contribution in [1.82, 2.24) is 4.90 Å². The summed E-state index contributed by atoms with van der Waals surface area (Å²) in [4.78, 5) is 3.77. The molecule has 76 valence electrons. The van der Waals surface area contributed by atoms with Gasteiger partial charge in [0.1, 0.15) is 6.23 Å². The SMILES string of the molecule is CCN(CC)C(O)C(C)O.CI. The predicted octanol–water partition coefficient (Wildman–Crippen LogP) is 1.08. The summed E-state index contributed by atoms with van der Waals surface area (Å²) in [5.74, 6) is 0. The highest BCUT2D eigenvalue weighted by atomic mass is 127. The molecule has 0 rings (SSSR count). The summed E-state index contributed by atoms with van der Waals surface area (Å²) >= 11 is 2.15. The smallest absolute Gasteiger partial charge is 0.133 e. The fourth-order valence-electron chi connectivity index (χ4n) is 0.903. The van der Waals surface area contributed by atoms with Gasteiger partial charge in [-0.2, -0.15) is 0 Å². The minimum atomic E-state index is -0.713. The second-order valence-electron chi connectivity index (χ2n) is 2.38. The molecule has 0 aliphatic carbocycles. The van der Waals surface area contributed by atoms with Gasteiger partial charge in [-0.25, -0.2) is 0 Å². The first-order valence-corrected chi connectivity index (χ1v) is 6.27. The van der Waals surface area contributed by atoms with E-state index < -0.39 is 12.3 Å². The average molecular weight is 289 g/mol. The maximum Gasteiger partial charge on any atom is 0.133 e. The zero-order valence-corrected chi connectivity index (χ0v) is 10.4. The van der Waals surface area contributed by atoms with Crippen molar-refractivity contribution in [2.45, 2.75) is 33.1 Å². The lowest BCUT2D eigenvalue weighted by Crippen LogP contribution is -2.41. The fraction of sp³-hybridized carbons (Fsp3) is 1.00. The van der Waals surface area contributed by atoms with E-state index in [4.69, 9.17) is 5.11 Å². The summed E-state index contributed by atoms with van der Waals surface area (Å²) in [6, 6.07) is 0. The van der Waals surface area contributed by atoms with Crippen LogP contribution < -0.4 is 0 Å². The van der Waals surface area contributed by atoms with Crippen molar-refractivity contribution < 1.29 is 10.2 Å². The summed E-state index contributed by atoms with van der Waals surface area (Å²) in [6.07, 6.45) is -1.38. The molecule has 0 spiro atoms. The van der Waals surface area contributed by atoms with E-state index in [1.54, 1.807) is 11.8 Å². The molecule has 3 nitrogen and oxygen atoms in total. The van der Waals surface area contributed by atoms with Gasteiger partial charge in [0.05, 0.1) is 6.10 Å². The third kappa shape index (κ3) is 6.16. The average Bonchev–Trinajstić information content (AvgIpc) is 2.10. The Labute approximate surface area is 88.9 Å². The molecule has 4 heteroatoms. The highest BCUT2D eigenvalue weighted by Gasteiger charge is 2.16. The Hall–Kier alpha value is 0.610. The van der Waals surface area contributed by atoms with E-state index in [0.29, 0.717) is 0 Å². The zero-order chi connectivity index (χ0) is 10.1. The standard InChI is InChI=1S/C7H17NO2.CH3I/c1-4-8(5-2)7(10)6(3)9;1-2/h6-7,9-10H,4-5H2,1-3H3;1H3. The van der Waals surface area contributed by atoms with Crippen LogP contribution in [0.2, 0.25) is 0 Å². The lowest BCUT2D eigenvalue weighted by molar-refractivity contribution is -0.0713. The number of rotatable bonds is 4. The second kappa shape index (κ2) is 9.70. The van der Waals surface area contributed by atoms with Gasteiger partial charge in [0.15, 0.2) is 0 Å². The van der Waals surface area contributed by atoms with Crippen LogP contribution in [0.15, 0.2) is 0 Å². The molecule has 2 unspecified atom stereocenters. The van der Waals surface area contributed by atoms with Crippen LogP contribution in [0.25, 0.3) is 0 Å². The van der Waals surface area contributed by atoms with Crippen molar-refractivity contribution in [3.8, 4) is 0 Å². The van der Waals surface area contributed by atoms with Crippen molar-refractivity contribution in [2.75, 3.05) is 18.0 Å². The maximum absolute atomic E-state index is 9.26. The van der Waals surface area contributed by atoms with Crippen LogP contribution >= 0.6 is 22.6 Å². The quantitative estimate of drug-likeness (QED) is 0.462. The molecule has 0 radical (unpaired) electrons. The molecule has 2 atom stereocenters. The molecule has 0 bridgehead atoms. The van der Waals surface area contributed by atoms with E-state index >= 15 is 0 Å². The largest absolute Gasteiger partial charge is 0.389 e. The third-order valence-electron chi connectivity index (χ3n) is 1.62. The number of alkyl halides is 1. The van der Waals surface area contributed by atoms with Gasteiger partial charge in [0.2, 0.25) is 0 Å². The zero-order valence-electron chi connectivity index (χ0n) is 8.29. The normalized spacial score (nSPS) is 15.0. The molecule has 0 fully saturated rings. The Kier molecular flexibility index (Phi) is 12.2. The number of hydrogen-bond acceptors (Lipinski definition) is 3. The summed E-state index contributed by atoms with van der Waals surface area (Å²) in [7, 11) is 0. The molecule has 0 aromatic carbocycles. The molecule has 0 aromatic heterocycles. The molecule has 2 N–H and O–H groups in total. The highest BCUT2D eigenvalue weighted by molar-refractivity contribution is 14.1. The molecule has 0 saturated carbocycles. The minimum absolute atomic E-state index is 0.667. The monoisotopic (exact) mass is 289 g/mol. The van der Waals surface area contributed by atoms with Crippen molar-refractivity contribution in [2.24, 2.45) is 0 Å². The van der Waals surface area contributed by atoms with E-state index in [1.807, 2.05) is 18.8 Å². The van der Waals surface area contributed by atoms with Gasteiger partial charge >= 0.3 is 0 Å². The van der Waals surface area contributed by atoms with Crippen LogP contribution in [0.3, 0.4) is 0 Å². The Bertz CT molecular complexity index is 87.1. The van der Waals surface area contributed by atoms with Crippen molar-refractivity contribution in [3.63, 3.8) is 0 Å². The fourth-order valence-corrected chi connectivity index (χ4v) is 0.903. The predicted molar refractivity (Wildman–Crippen MR) is 60.6 cm³/mol. The Morgan fingerprint density at radius 1 is 1.17 bits per heavy atom. The molecule has 0 amide bonds. The van der Waals surface area contributed by atoms with Gasteiger partial charge in [-0.15, -0.1) is 0 Å². The molecule has 0 aromatic rings. The van der Waals surface area contributed by atoms with E-state index in [-0.39, 0.29) is 0 Å². The van der Waals surface area contributed by atoms with Crippen molar-refractivity contribution in [1.29, 1.82) is 0 Å². The summed E-state index contributed by atoms with van der Waals surface area (Å²) in [5.41, 5.74) is 0. The van der Waals surface area contributed by atoms with Gasteiger partial charge in [0, 0.05) is 0 Å². The van der Waals surface area contributed by atoms with E-state index in [2.05, 4.69) is 22.6 Å². The highest BCUT2D eigenvalue weighted by Crippen LogP contribution is 1.99. The summed E-state index contributed by atoms with van der Waals surface area (Å²) in [6.45, 7) is 7.03. The number of likely N-dealkylation sites (N-methyl/N-ethyl adjacent to an activating group) is 1. The van der Waals surface area contributed by atoms with E-state index in [0.717, 1.165) is 13.1 Å². The summed E-state index contributed by atoms with van der Waals surface area (Å²) < 4.78 is 0. The van der Waals surface area contributed by atoms with Crippen molar-refractivity contribution >= 4 is 22.6 Å². The maximum atomic E-state index is 9.26. The lowest BCUT2D eigenvalue weighted by atomic mass is 10.3. The van der Waals surface area contributed by atoms with Gasteiger partial charge in [-0.05, 0) is 24.9 Å². The van der Waals surface area contributed by atoms with E-state index in [9.17, 15) is 5.11 Å². The number of halogens is 1. The van der Waals surface area contributed by atoms with Gasteiger partial charge in [0.25, 0.3) is 0 Å². The molecule has 0 heterocycles. The van der Waals surface area contributed by atoms with Crippen LogP contribution in [0.5, 0.6) is 0 Å². The Balaban J connectivity index is 0. The molecule has 0 aliphatic heterocycles. The third-order valence-corrected chi connectivity index (χ3v) is 1.62. The topological polar surface area (TPSA) is 43.7 Å². The van der Waals surface area contributed by atoms with Crippen LogP contribution in [-0.2, 0) is 0 Å². The Morgan fingerprint density at radius 2 is 1.50 bits per heavy atom. The lowest BCUT2D eigenvalue weighted by Gasteiger charge is -2.26. The number of aliphatic hydroxyl groups excluding tert-OH is 2.